The third kappa shape index (κ3) is 1.54. The molecule has 0 fully saturated rings. The molecular weight excluding hydrogens is 157 g/mol. The molecule has 0 radical (unpaired) electrons. The van der Waals surface area contributed by atoms with Gasteiger partial charge in [0.25, 0.3) is 0 Å². The van der Waals surface area contributed by atoms with Gasteiger partial charge < -0.3 is 11.2 Å². The Kier molecular flexibility index (Phi) is 2.30. The first-order chi connectivity index (χ1) is 5.65. The van der Waals surface area contributed by atoms with E-state index in [1.54, 1.807) is 6.07 Å². The van der Waals surface area contributed by atoms with Crippen LogP contribution in [0.25, 0.3) is 5.70 Å². The molecule has 0 atom stereocenters. The number of nitrogens with two attached hydrogens (primary N) is 2. The second kappa shape index (κ2) is 3.23. The smallest absolute Gasteiger partial charge is 0.146 e. The molecule has 5 N–H and O–H groups in total. The summed E-state index contributed by atoms with van der Waals surface area (Å²) in [6.07, 6.45) is 0. The van der Waals surface area contributed by atoms with Crippen molar-refractivity contribution in [1.29, 1.82) is 0 Å². The Morgan fingerprint density at radius 3 is 2.67 bits per heavy atom. The van der Waals surface area contributed by atoms with Gasteiger partial charge in [0.05, 0.1) is 5.69 Å². The van der Waals surface area contributed by atoms with Gasteiger partial charge in [0.1, 0.15) is 5.82 Å². The summed E-state index contributed by atoms with van der Waals surface area (Å²) >= 11 is 0. The van der Waals surface area contributed by atoms with E-state index < -0.39 is 5.82 Å². The van der Waals surface area contributed by atoms with Gasteiger partial charge in [-0.1, -0.05) is 12.6 Å². The fourth-order valence-electron chi connectivity index (χ4n) is 0.798. The Balaban J connectivity index is 3.05. The van der Waals surface area contributed by atoms with E-state index in [0.717, 1.165) is 0 Å². The van der Waals surface area contributed by atoms with E-state index in [1.807, 2.05) is 0 Å². The van der Waals surface area contributed by atoms with Crippen molar-refractivity contribution in [2.24, 2.45) is 5.84 Å². The normalized spacial score (nSPS) is 9.50. The van der Waals surface area contributed by atoms with Crippen LogP contribution in [0.1, 0.15) is 5.56 Å². The summed E-state index contributed by atoms with van der Waals surface area (Å²) in [4.78, 5) is 0. The number of nitrogen functional groups attached to an aromatic ring is 1. The van der Waals surface area contributed by atoms with Crippen LogP contribution in [0.3, 0.4) is 0 Å². The van der Waals surface area contributed by atoms with Crippen molar-refractivity contribution in [3.8, 4) is 0 Å². The monoisotopic (exact) mass is 167 g/mol. The lowest BCUT2D eigenvalue weighted by molar-refractivity contribution is 0.632. The van der Waals surface area contributed by atoms with Crippen molar-refractivity contribution in [2.75, 3.05) is 5.73 Å². The number of rotatable bonds is 2. The Hall–Kier alpha value is -1.55. The second-order valence-corrected chi connectivity index (χ2v) is 2.36. The summed E-state index contributed by atoms with van der Waals surface area (Å²) in [6, 6.07) is 4.38. The molecule has 0 aliphatic carbocycles. The van der Waals surface area contributed by atoms with Gasteiger partial charge in [0, 0.05) is 11.3 Å². The minimum atomic E-state index is -0.469. The largest absolute Gasteiger partial charge is 0.396 e. The van der Waals surface area contributed by atoms with Crippen LogP contribution in [-0.2, 0) is 0 Å². The summed E-state index contributed by atoms with van der Waals surface area (Å²) in [5, 5.41) is 0. The predicted octanol–water partition coefficient (Wildman–Crippen LogP) is 0.842. The molecule has 1 rings (SSSR count). The van der Waals surface area contributed by atoms with E-state index in [-0.39, 0.29) is 5.69 Å². The minimum absolute atomic E-state index is 0.114. The summed E-state index contributed by atoms with van der Waals surface area (Å²) in [5.41, 5.74) is 8.75. The molecule has 0 aromatic heterocycles. The highest BCUT2D eigenvalue weighted by Gasteiger charge is 2.01. The van der Waals surface area contributed by atoms with E-state index in [0.29, 0.717) is 11.3 Å². The van der Waals surface area contributed by atoms with Gasteiger partial charge in [0.2, 0.25) is 0 Å². The molecule has 3 nitrogen and oxygen atoms in total. The van der Waals surface area contributed by atoms with Crippen molar-refractivity contribution >= 4 is 11.4 Å². The van der Waals surface area contributed by atoms with Crippen LogP contribution in [0.5, 0.6) is 0 Å². The number of hydrazine groups is 1. The van der Waals surface area contributed by atoms with Crippen LogP contribution in [0.2, 0.25) is 0 Å². The van der Waals surface area contributed by atoms with E-state index in [2.05, 4.69) is 12.0 Å². The first-order valence-electron chi connectivity index (χ1n) is 3.36. The summed E-state index contributed by atoms with van der Waals surface area (Å²) in [5.74, 6) is 4.62. The Labute approximate surface area is 69.8 Å². The molecule has 0 saturated carbocycles. The fourth-order valence-corrected chi connectivity index (χ4v) is 0.798. The van der Waals surface area contributed by atoms with Crippen LogP contribution in [0, 0.1) is 5.82 Å². The molecule has 0 saturated heterocycles. The van der Waals surface area contributed by atoms with Gasteiger partial charge in [-0.05, 0) is 12.1 Å². The van der Waals surface area contributed by atoms with Crippen molar-refractivity contribution in [3.05, 3.63) is 36.2 Å². The van der Waals surface area contributed by atoms with Crippen molar-refractivity contribution < 1.29 is 4.39 Å². The van der Waals surface area contributed by atoms with Crippen molar-refractivity contribution in [1.82, 2.24) is 5.43 Å². The zero-order valence-electron chi connectivity index (χ0n) is 6.47. The average molecular weight is 167 g/mol. The van der Waals surface area contributed by atoms with Crippen LogP contribution >= 0.6 is 0 Å². The molecule has 0 amide bonds. The predicted molar refractivity (Wildman–Crippen MR) is 47.2 cm³/mol. The van der Waals surface area contributed by atoms with Gasteiger partial charge in [-0.3, -0.25) is 5.84 Å². The molecule has 0 heterocycles. The molecule has 0 spiro atoms. The quantitative estimate of drug-likeness (QED) is 0.347. The maximum absolute atomic E-state index is 12.8. The number of hydrogen-bond acceptors (Lipinski definition) is 3. The Morgan fingerprint density at radius 2 is 2.17 bits per heavy atom. The number of anilines is 1. The highest BCUT2D eigenvalue weighted by Crippen LogP contribution is 2.15. The average Bonchev–Trinajstić information content (AvgIpc) is 2.08. The molecular formula is C8H10FN3. The van der Waals surface area contributed by atoms with Gasteiger partial charge in [-0.25, -0.2) is 4.39 Å². The molecule has 1 aromatic carbocycles. The third-order valence-electron chi connectivity index (χ3n) is 1.52. The summed E-state index contributed by atoms with van der Waals surface area (Å²) < 4.78 is 12.8. The van der Waals surface area contributed by atoms with E-state index >= 15 is 0 Å². The van der Waals surface area contributed by atoms with Crippen LogP contribution < -0.4 is 17.0 Å². The van der Waals surface area contributed by atoms with Gasteiger partial charge in [-0.2, -0.15) is 0 Å². The lowest BCUT2D eigenvalue weighted by Gasteiger charge is -2.05. The molecule has 4 heteroatoms. The molecule has 0 bridgehead atoms. The number of benzene rings is 1. The molecule has 0 aliphatic heterocycles. The first kappa shape index (κ1) is 8.55. The molecule has 12 heavy (non-hydrogen) atoms. The van der Waals surface area contributed by atoms with Crippen molar-refractivity contribution in [2.45, 2.75) is 0 Å². The Bertz CT molecular complexity index is 309. The zero-order valence-corrected chi connectivity index (χ0v) is 6.47. The van der Waals surface area contributed by atoms with Crippen LogP contribution in [-0.4, -0.2) is 0 Å². The topological polar surface area (TPSA) is 64.1 Å². The summed E-state index contributed by atoms with van der Waals surface area (Å²) in [6.45, 7) is 3.57. The molecule has 0 aliphatic rings. The van der Waals surface area contributed by atoms with Crippen molar-refractivity contribution in [3.63, 3.8) is 0 Å². The standard InChI is InChI=1S/C8H10FN3/c1-5(12-11)6-2-3-8(10)7(9)4-6/h2-4,12H,1,10-11H2. The van der Waals surface area contributed by atoms with Crippen LogP contribution in [0.15, 0.2) is 24.8 Å². The highest BCUT2D eigenvalue weighted by molar-refractivity contribution is 5.63. The maximum Gasteiger partial charge on any atom is 0.146 e. The molecule has 1 aromatic rings. The van der Waals surface area contributed by atoms with E-state index in [1.165, 1.54) is 12.1 Å². The number of nitrogens with one attached hydrogen (secondary N) is 1. The summed E-state index contributed by atoms with van der Waals surface area (Å²) in [7, 11) is 0. The van der Waals surface area contributed by atoms with Gasteiger partial charge in [0.15, 0.2) is 0 Å². The van der Waals surface area contributed by atoms with Gasteiger partial charge in [-0.15, -0.1) is 0 Å². The Morgan fingerprint density at radius 1 is 1.50 bits per heavy atom. The highest BCUT2D eigenvalue weighted by atomic mass is 19.1. The maximum atomic E-state index is 12.8. The lowest BCUT2D eigenvalue weighted by Crippen LogP contribution is -2.19. The second-order valence-electron chi connectivity index (χ2n) is 2.36. The fraction of sp³-hybridized carbons (Fsp3) is 0. The molecule has 64 valence electrons. The third-order valence-corrected chi connectivity index (χ3v) is 1.52. The van der Waals surface area contributed by atoms with Crippen LogP contribution in [0.4, 0.5) is 10.1 Å². The number of halogens is 1. The lowest BCUT2D eigenvalue weighted by atomic mass is 10.1. The minimum Gasteiger partial charge on any atom is -0.396 e. The van der Waals surface area contributed by atoms with E-state index in [9.17, 15) is 4.39 Å². The van der Waals surface area contributed by atoms with E-state index in [4.69, 9.17) is 11.6 Å². The van der Waals surface area contributed by atoms with Gasteiger partial charge >= 0.3 is 0 Å². The zero-order chi connectivity index (χ0) is 9.14. The number of hydrogen-bond donors (Lipinski definition) is 3. The SMILES string of the molecule is C=C(NN)c1ccc(N)c(F)c1. The molecule has 0 unspecified atom stereocenters. The first-order valence-corrected chi connectivity index (χ1v) is 3.36.